The van der Waals surface area contributed by atoms with E-state index in [1.165, 1.54) is 6.42 Å². The molecule has 4 nitrogen and oxygen atoms in total. The summed E-state index contributed by atoms with van der Waals surface area (Å²) < 4.78 is 30.3. The van der Waals surface area contributed by atoms with Crippen molar-refractivity contribution in [3.05, 3.63) is 46.5 Å². The van der Waals surface area contributed by atoms with E-state index in [4.69, 9.17) is 13.6 Å². The number of benzene rings is 1. The number of rotatable bonds is 3. The monoisotopic (exact) mass is 384 g/mol. The third kappa shape index (κ3) is 2.85. The lowest BCUT2D eigenvalue weighted by molar-refractivity contribution is 0.118. The molecular formula is C16H18BrO4P. The molecular weight excluding hydrogens is 367 g/mol. The van der Waals surface area contributed by atoms with E-state index in [9.17, 15) is 4.57 Å². The van der Waals surface area contributed by atoms with Crippen molar-refractivity contribution >= 4 is 23.8 Å². The minimum absolute atomic E-state index is 0.227. The van der Waals surface area contributed by atoms with Gasteiger partial charge in [0, 0.05) is 4.47 Å². The van der Waals surface area contributed by atoms with E-state index in [1.807, 2.05) is 24.3 Å². The van der Waals surface area contributed by atoms with Crippen LogP contribution in [0.3, 0.4) is 0 Å². The number of allylic oxidation sites excluding steroid dienone is 2. The highest BCUT2D eigenvalue weighted by molar-refractivity contribution is 9.10. The maximum Gasteiger partial charge on any atom is 0.475 e. The van der Waals surface area contributed by atoms with Gasteiger partial charge in [0.15, 0.2) is 0 Å². The molecule has 1 saturated carbocycles. The largest absolute Gasteiger partial charge is 0.475 e. The van der Waals surface area contributed by atoms with E-state index in [2.05, 4.69) is 28.1 Å². The third-order valence-electron chi connectivity index (χ3n) is 4.95. The van der Waals surface area contributed by atoms with Gasteiger partial charge in [0.25, 0.3) is 0 Å². The van der Waals surface area contributed by atoms with Crippen molar-refractivity contribution in [2.75, 3.05) is 13.2 Å². The molecule has 2 aliphatic carbocycles. The maximum atomic E-state index is 12.7. The Morgan fingerprint density at radius 2 is 1.68 bits per heavy atom. The van der Waals surface area contributed by atoms with Crippen LogP contribution in [0.4, 0.5) is 0 Å². The number of fused-ring (bicyclic) bond motifs is 5. The number of hydrogen-bond acceptors (Lipinski definition) is 4. The Morgan fingerprint density at radius 1 is 1.09 bits per heavy atom. The van der Waals surface area contributed by atoms with Crippen LogP contribution in [-0.2, 0) is 24.7 Å². The molecule has 22 heavy (non-hydrogen) atoms. The Balaban J connectivity index is 1.40. The molecule has 2 bridgehead atoms. The number of phosphoric ester groups is 1. The van der Waals surface area contributed by atoms with E-state index >= 15 is 0 Å². The molecule has 6 heteroatoms. The van der Waals surface area contributed by atoms with Gasteiger partial charge in [-0.2, -0.15) is 0 Å². The second-order valence-corrected chi connectivity index (χ2v) is 8.80. The zero-order valence-corrected chi connectivity index (χ0v) is 14.5. The fraction of sp³-hybridized carbons (Fsp3) is 0.500. The fourth-order valence-corrected chi connectivity index (χ4v) is 5.23. The van der Waals surface area contributed by atoms with Gasteiger partial charge in [0.05, 0.1) is 19.8 Å². The first-order valence-electron chi connectivity index (χ1n) is 7.59. The fourth-order valence-electron chi connectivity index (χ4n) is 3.72. The molecule has 5 atom stereocenters. The normalized spacial score (nSPS) is 39.7. The van der Waals surface area contributed by atoms with Crippen LogP contribution in [0.25, 0.3) is 0 Å². The lowest BCUT2D eigenvalue weighted by Gasteiger charge is -2.23. The molecule has 1 saturated heterocycles. The van der Waals surface area contributed by atoms with Crippen molar-refractivity contribution in [1.29, 1.82) is 0 Å². The molecule has 1 aliphatic heterocycles. The van der Waals surface area contributed by atoms with Crippen molar-refractivity contribution in [1.82, 2.24) is 0 Å². The van der Waals surface area contributed by atoms with Crippen molar-refractivity contribution < 1.29 is 18.1 Å². The smallest absolute Gasteiger partial charge is 0.287 e. The SMILES string of the molecule is O=P1(OCc2ccc(Br)cc2)OC[C@@H]2[C@H](CO1)[C@H]1C=C[C@@H]2C1. The van der Waals surface area contributed by atoms with E-state index in [0.717, 1.165) is 10.0 Å². The Bertz CT molecular complexity index is 604. The molecule has 2 fully saturated rings. The quantitative estimate of drug-likeness (QED) is 0.565. The van der Waals surface area contributed by atoms with Gasteiger partial charge in [-0.05, 0) is 47.8 Å². The molecule has 0 N–H and O–H groups in total. The summed E-state index contributed by atoms with van der Waals surface area (Å²) in [5.74, 6) is 1.94. The van der Waals surface area contributed by atoms with Gasteiger partial charge in [-0.1, -0.05) is 40.2 Å². The van der Waals surface area contributed by atoms with Crippen LogP contribution in [-0.4, -0.2) is 13.2 Å². The molecule has 3 aliphatic rings. The number of hydrogen-bond donors (Lipinski definition) is 0. The Labute approximate surface area is 138 Å². The van der Waals surface area contributed by atoms with Crippen LogP contribution >= 0.6 is 23.8 Å². The average molecular weight is 385 g/mol. The summed E-state index contributed by atoms with van der Waals surface area (Å²) in [6, 6.07) is 7.70. The van der Waals surface area contributed by atoms with Gasteiger partial charge >= 0.3 is 7.82 Å². The topological polar surface area (TPSA) is 44.8 Å². The molecule has 1 aromatic rings. The second-order valence-electron chi connectivity index (χ2n) is 6.21. The van der Waals surface area contributed by atoms with E-state index < -0.39 is 7.82 Å². The Morgan fingerprint density at radius 3 is 2.27 bits per heavy atom. The summed E-state index contributed by atoms with van der Waals surface area (Å²) in [4.78, 5) is 0. The predicted molar refractivity (Wildman–Crippen MR) is 86.2 cm³/mol. The summed E-state index contributed by atoms with van der Waals surface area (Å²) in [5.41, 5.74) is 0.941. The van der Waals surface area contributed by atoms with Gasteiger partial charge in [0.1, 0.15) is 0 Å². The van der Waals surface area contributed by atoms with Crippen LogP contribution in [0.15, 0.2) is 40.9 Å². The first-order chi connectivity index (χ1) is 10.6. The van der Waals surface area contributed by atoms with Gasteiger partial charge in [-0.3, -0.25) is 13.6 Å². The van der Waals surface area contributed by atoms with E-state index in [-0.39, 0.29) is 6.61 Å². The first-order valence-corrected chi connectivity index (χ1v) is 9.85. The minimum atomic E-state index is -3.45. The standard InChI is InChI=1S/C16H18BrO4P/c17-14-5-1-11(2-6-14)8-19-22(18)20-9-15-12-3-4-13(7-12)16(15)10-21-22/h1-6,12-13,15-16H,7-10H2/t12-,13+,15+,16-,22?. The zero-order valence-electron chi connectivity index (χ0n) is 12.1. The highest BCUT2D eigenvalue weighted by Crippen LogP contribution is 2.58. The summed E-state index contributed by atoms with van der Waals surface area (Å²) in [6.07, 6.45) is 5.73. The van der Waals surface area contributed by atoms with Crippen molar-refractivity contribution in [3.63, 3.8) is 0 Å². The summed E-state index contributed by atoms with van der Waals surface area (Å²) in [5, 5.41) is 0. The minimum Gasteiger partial charge on any atom is -0.287 e. The predicted octanol–water partition coefficient (Wildman–Crippen LogP) is 4.56. The highest BCUT2D eigenvalue weighted by Gasteiger charge is 2.48. The number of phosphoric acid groups is 1. The number of halogens is 1. The lowest BCUT2D eigenvalue weighted by atomic mass is 9.84. The Hall–Kier alpha value is -0.450. The van der Waals surface area contributed by atoms with Gasteiger partial charge in [-0.15, -0.1) is 0 Å². The molecule has 0 amide bonds. The van der Waals surface area contributed by atoms with E-state index in [1.54, 1.807) is 0 Å². The molecule has 0 radical (unpaired) electrons. The van der Waals surface area contributed by atoms with Gasteiger partial charge < -0.3 is 0 Å². The van der Waals surface area contributed by atoms with Crippen LogP contribution in [0, 0.1) is 23.7 Å². The first kappa shape index (κ1) is 15.1. The zero-order chi connectivity index (χ0) is 15.2. The molecule has 1 aromatic carbocycles. The van der Waals surface area contributed by atoms with Crippen LogP contribution in [0.1, 0.15) is 12.0 Å². The Kier molecular flexibility index (Phi) is 4.04. The molecule has 1 heterocycles. The maximum absolute atomic E-state index is 12.7. The van der Waals surface area contributed by atoms with Crippen LogP contribution in [0.2, 0.25) is 0 Å². The average Bonchev–Trinajstić information content (AvgIpc) is 3.07. The highest BCUT2D eigenvalue weighted by atomic mass is 79.9. The molecule has 0 spiro atoms. The van der Waals surface area contributed by atoms with Crippen molar-refractivity contribution in [3.8, 4) is 0 Å². The van der Waals surface area contributed by atoms with Crippen LogP contribution in [0.5, 0.6) is 0 Å². The van der Waals surface area contributed by atoms with Gasteiger partial charge in [-0.25, -0.2) is 4.57 Å². The third-order valence-corrected chi connectivity index (χ3v) is 6.86. The summed E-state index contributed by atoms with van der Waals surface area (Å²) >= 11 is 3.39. The molecule has 0 aromatic heterocycles. The molecule has 1 unspecified atom stereocenters. The lowest BCUT2D eigenvalue weighted by Crippen LogP contribution is -2.24. The van der Waals surface area contributed by atoms with Crippen molar-refractivity contribution in [2.24, 2.45) is 23.7 Å². The molecule has 4 rings (SSSR count). The second kappa shape index (κ2) is 5.88. The van der Waals surface area contributed by atoms with Crippen molar-refractivity contribution in [2.45, 2.75) is 13.0 Å². The van der Waals surface area contributed by atoms with E-state index in [0.29, 0.717) is 36.9 Å². The summed E-state index contributed by atoms with van der Waals surface area (Å²) in [6.45, 7) is 1.16. The molecule has 118 valence electrons. The van der Waals surface area contributed by atoms with Gasteiger partial charge in [0.2, 0.25) is 0 Å². The summed E-state index contributed by atoms with van der Waals surface area (Å²) in [7, 11) is -3.45. The van der Waals surface area contributed by atoms with Crippen LogP contribution < -0.4 is 0 Å².